The van der Waals surface area contributed by atoms with Gasteiger partial charge in [0.1, 0.15) is 5.52 Å². The van der Waals surface area contributed by atoms with E-state index in [1.54, 1.807) is 6.20 Å². The summed E-state index contributed by atoms with van der Waals surface area (Å²) in [5.74, 6) is 0. The molecule has 4 heteroatoms. The molecule has 3 rings (SSSR count). The Bertz CT molecular complexity index is 688. The molecule has 0 saturated carbocycles. The molecule has 0 amide bonds. The number of aromatic amines is 1. The SMILES string of the molecule is Cc1c(-c2cccc(Br)c2)cnc2cn[nH]c12. The second-order valence-corrected chi connectivity index (χ2v) is 4.85. The molecule has 0 spiro atoms. The van der Waals surface area contributed by atoms with Crippen molar-refractivity contribution in [3.8, 4) is 11.1 Å². The first-order valence-corrected chi connectivity index (χ1v) is 6.09. The first kappa shape index (κ1) is 10.5. The number of nitrogens with zero attached hydrogens (tertiary/aromatic N) is 2. The molecule has 84 valence electrons. The van der Waals surface area contributed by atoms with Gasteiger partial charge in [0.15, 0.2) is 0 Å². The van der Waals surface area contributed by atoms with E-state index >= 15 is 0 Å². The van der Waals surface area contributed by atoms with E-state index in [0.717, 1.165) is 26.6 Å². The highest BCUT2D eigenvalue weighted by Gasteiger charge is 2.08. The van der Waals surface area contributed by atoms with Crippen molar-refractivity contribution in [2.75, 3.05) is 0 Å². The zero-order valence-corrected chi connectivity index (χ0v) is 10.8. The molecule has 1 aromatic carbocycles. The molecule has 0 unspecified atom stereocenters. The van der Waals surface area contributed by atoms with Crippen molar-refractivity contribution >= 4 is 27.0 Å². The van der Waals surface area contributed by atoms with Crippen molar-refractivity contribution in [3.63, 3.8) is 0 Å². The number of nitrogens with one attached hydrogen (secondary N) is 1. The summed E-state index contributed by atoms with van der Waals surface area (Å²) >= 11 is 3.49. The molecule has 1 N–H and O–H groups in total. The molecule has 0 saturated heterocycles. The Labute approximate surface area is 107 Å². The van der Waals surface area contributed by atoms with Crippen LogP contribution in [0, 0.1) is 6.92 Å². The lowest BCUT2D eigenvalue weighted by Gasteiger charge is -2.06. The van der Waals surface area contributed by atoms with Gasteiger partial charge in [-0.25, -0.2) is 0 Å². The van der Waals surface area contributed by atoms with Crippen LogP contribution in [0.5, 0.6) is 0 Å². The van der Waals surface area contributed by atoms with Gasteiger partial charge in [-0.05, 0) is 30.2 Å². The monoisotopic (exact) mass is 287 g/mol. The summed E-state index contributed by atoms with van der Waals surface area (Å²) in [5.41, 5.74) is 5.36. The molecule has 3 nitrogen and oxygen atoms in total. The highest BCUT2D eigenvalue weighted by atomic mass is 79.9. The topological polar surface area (TPSA) is 41.6 Å². The number of fused-ring (bicyclic) bond motifs is 1. The summed E-state index contributed by atoms with van der Waals surface area (Å²) in [5, 5.41) is 7.01. The average molecular weight is 288 g/mol. The molecule has 3 aromatic rings. The van der Waals surface area contributed by atoms with Gasteiger partial charge in [0.2, 0.25) is 0 Å². The van der Waals surface area contributed by atoms with Gasteiger partial charge >= 0.3 is 0 Å². The molecule has 0 bridgehead atoms. The molecule has 17 heavy (non-hydrogen) atoms. The lowest BCUT2D eigenvalue weighted by molar-refractivity contribution is 1.11. The van der Waals surface area contributed by atoms with E-state index in [-0.39, 0.29) is 0 Å². The maximum atomic E-state index is 4.40. The van der Waals surface area contributed by atoms with E-state index in [4.69, 9.17) is 0 Å². The van der Waals surface area contributed by atoms with E-state index in [0.29, 0.717) is 0 Å². The third-order valence-corrected chi connectivity index (χ3v) is 3.36. The molecule has 0 aliphatic heterocycles. The summed E-state index contributed by atoms with van der Waals surface area (Å²) in [6.45, 7) is 2.08. The van der Waals surface area contributed by atoms with E-state index in [1.165, 1.54) is 5.56 Å². The van der Waals surface area contributed by atoms with E-state index in [2.05, 4.69) is 50.2 Å². The van der Waals surface area contributed by atoms with E-state index in [9.17, 15) is 0 Å². The second kappa shape index (κ2) is 3.96. The number of rotatable bonds is 1. The Morgan fingerprint density at radius 2 is 2.12 bits per heavy atom. The molecule has 0 radical (unpaired) electrons. The minimum absolute atomic E-state index is 0.904. The summed E-state index contributed by atoms with van der Waals surface area (Å²) in [4.78, 5) is 4.40. The molecule has 2 aromatic heterocycles. The van der Waals surface area contributed by atoms with Crippen LogP contribution in [0.15, 0.2) is 41.1 Å². The van der Waals surface area contributed by atoms with Crippen LogP contribution in [0.1, 0.15) is 5.56 Å². The predicted molar refractivity (Wildman–Crippen MR) is 71.8 cm³/mol. The molecular formula is C13H10BrN3. The molecular weight excluding hydrogens is 278 g/mol. The smallest absolute Gasteiger partial charge is 0.108 e. The number of aromatic nitrogens is 3. The maximum absolute atomic E-state index is 4.40. The number of benzene rings is 1. The third-order valence-electron chi connectivity index (χ3n) is 2.87. The quantitative estimate of drug-likeness (QED) is 0.742. The van der Waals surface area contributed by atoms with Crippen LogP contribution < -0.4 is 0 Å². The zero-order valence-electron chi connectivity index (χ0n) is 9.24. The first-order valence-electron chi connectivity index (χ1n) is 5.30. The zero-order chi connectivity index (χ0) is 11.8. The van der Waals surface area contributed by atoms with Gasteiger partial charge in [-0.2, -0.15) is 5.10 Å². The van der Waals surface area contributed by atoms with Crippen molar-refractivity contribution in [1.29, 1.82) is 0 Å². The summed E-state index contributed by atoms with van der Waals surface area (Å²) in [7, 11) is 0. The Hall–Kier alpha value is -1.68. The van der Waals surface area contributed by atoms with Gasteiger partial charge in [0.25, 0.3) is 0 Å². The van der Waals surface area contributed by atoms with Crippen LogP contribution in [-0.2, 0) is 0 Å². The van der Waals surface area contributed by atoms with Gasteiger partial charge in [-0.3, -0.25) is 10.1 Å². The Morgan fingerprint density at radius 3 is 2.94 bits per heavy atom. The lowest BCUT2D eigenvalue weighted by Crippen LogP contribution is -1.87. The number of hydrogen-bond donors (Lipinski definition) is 1. The number of H-pyrrole nitrogens is 1. The minimum Gasteiger partial charge on any atom is -0.276 e. The largest absolute Gasteiger partial charge is 0.276 e. The Morgan fingerprint density at radius 1 is 1.24 bits per heavy atom. The van der Waals surface area contributed by atoms with E-state index < -0.39 is 0 Å². The molecule has 0 fully saturated rings. The van der Waals surface area contributed by atoms with Crippen molar-refractivity contribution < 1.29 is 0 Å². The molecule has 0 aliphatic rings. The lowest BCUT2D eigenvalue weighted by atomic mass is 10.0. The molecule has 0 atom stereocenters. The number of aryl methyl sites for hydroxylation is 1. The maximum Gasteiger partial charge on any atom is 0.108 e. The van der Waals surface area contributed by atoms with Crippen LogP contribution in [0.4, 0.5) is 0 Å². The fourth-order valence-corrected chi connectivity index (χ4v) is 2.37. The first-order chi connectivity index (χ1) is 8.25. The standard InChI is InChI=1S/C13H10BrN3/c1-8-11(9-3-2-4-10(14)5-9)6-15-12-7-16-17-13(8)12/h2-7H,1H3,(H,16,17). The summed E-state index contributed by atoms with van der Waals surface area (Å²) in [6, 6.07) is 8.21. The Kier molecular flexibility index (Phi) is 2.44. The van der Waals surface area contributed by atoms with Crippen LogP contribution in [0.3, 0.4) is 0 Å². The van der Waals surface area contributed by atoms with E-state index in [1.807, 2.05) is 18.3 Å². The summed E-state index contributed by atoms with van der Waals surface area (Å²) < 4.78 is 1.07. The van der Waals surface area contributed by atoms with Crippen molar-refractivity contribution in [3.05, 3.63) is 46.7 Å². The highest BCUT2D eigenvalue weighted by molar-refractivity contribution is 9.10. The average Bonchev–Trinajstić information content (AvgIpc) is 2.78. The number of halogens is 1. The van der Waals surface area contributed by atoms with Crippen LogP contribution in [-0.4, -0.2) is 15.2 Å². The molecule has 2 heterocycles. The van der Waals surface area contributed by atoms with Gasteiger partial charge in [0, 0.05) is 16.2 Å². The Balaban J connectivity index is 2.27. The third kappa shape index (κ3) is 1.74. The normalized spacial score (nSPS) is 10.9. The van der Waals surface area contributed by atoms with Gasteiger partial charge in [-0.1, -0.05) is 28.1 Å². The number of hydrogen-bond acceptors (Lipinski definition) is 2. The van der Waals surface area contributed by atoms with Crippen LogP contribution in [0.25, 0.3) is 22.2 Å². The fraction of sp³-hybridized carbons (Fsp3) is 0.0769. The van der Waals surface area contributed by atoms with Crippen molar-refractivity contribution in [1.82, 2.24) is 15.2 Å². The van der Waals surface area contributed by atoms with Crippen LogP contribution in [0.2, 0.25) is 0 Å². The fourth-order valence-electron chi connectivity index (χ4n) is 1.97. The second-order valence-electron chi connectivity index (χ2n) is 3.94. The van der Waals surface area contributed by atoms with Crippen molar-refractivity contribution in [2.24, 2.45) is 0 Å². The van der Waals surface area contributed by atoms with Crippen LogP contribution >= 0.6 is 15.9 Å². The molecule has 0 aliphatic carbocycles. The number of pyridine rings is 1. The minimum atomic E-state index is 0.904. The van der Waals surface area contributed by atoms with Gasteiger partial charge in [0.05, 0.1) is 11.7 Å². The highest BCUT2D eigenvalue weighted by Crippen LogP contribution is 2.28. The van der Waals surface area contributed by atoms with Gasteiger partial charge < -0.3 is 0 Å². The summed E-state index contributed by atoms with van der Waals surface area (Å²) in [6.07, 6.45) is 3.64. The van der Waals surface area contributed by atoms with Gasteiger partial charge in [-0.15, -0.1) is 0 Å². The van der Waals surface area contributed by atoms with Crippen molar-refractivity contribution in [2.45, 2.75) is 6.92 Å². The predicted octanol–water partition coefficient (Wildman–Crippen LogP) is 3.70.